The Morgan fingerprint density at radius 1 is 1.35 bits per heavy atom. The van der Waals surface area contributed by atoms with E-state index in [1.54, 1.807) is 11.8 Å². The molecule has 6 nitrogen and oxygen atoms in total. The maximum atomic E-state index is 9.78. The van der Waals surface area contributed by atoms with Crippen molar-refractivity contribution in [1.82, 2.24) is 9.80 Å². The highest BCUT2D eigenvalue weighted by Gasteiger charge is 2.35. The molecule has 0 spiro atoms. The van der Waals surface area contributed by atoms with E-state index in [-0.39, 0.29) is 12.1 Å². The summed E-state index contributed by atoms with van der Waals surface area (Å²) in [5.41, 5.74) is 2.18. The molecule has 0 bridgehead atoms. The fourth-order valence-electron chi connectivity index (χ4n) is 3.22. The average molecular weight is 393 g/mol. The van der Waals surface area contributed by atoms with Gasteiger partial charge in [0.1, 0.15) is 18.3 Å². The van der Waals surface area contributed by atoms with Crippen molar-refractivity contribution in [3.05, 3.63) is 45.5 Å². The maximum absolute atomic E-state index is 9.78. The minimum absolute atomic E-state index is 0.0383. The zero-order valence-corrected chi connectivity index (χ0v) is 16.1. The van der Waals surface area contributed by atoms with Crippen molar-refractivity contribution >= 4 is 35.0 Å². The number of fused-ring (bicyclic) bond motifs is 1. The number of thioether (sulfide) groups is 1. The molecule has 1 unspecified atom stereocenters. The van der Waals surface area contributed by atoms with E-state index in [0.29, 0.717) is 12.4 Å². The molecular formula is C18H21ClN4O2S. The van der Waals surface area contributed by atoms with Crippen LogP contribution < -0.4 is 0 Å². The van der Waals surface area contributed by atoms with Gasteiger partial charge in [0.05, 0.1) is 24.7 Å². The molecule has 1 N–H and O–H groups in total. The summed E-state index contributed by atoms with van der Waals surface area (Å²) in [6, 6.07) is 5.89. The number of hydrogen-bond acceptors (Lipinski definition) is 7. The van der Waals surface area contributed by atoms with Gasteiger partial charge in [-0.1, -0.05) is 35.5 Å². The molecule has 1 aromatic rings. The number of halogens is 1. The van der Waals surface area contributed by atoms with Crippen molar-refractivity contribution in [2.24, 2.45) is 9.98 Å². The number of nitrogens with zero attached hydrogens (tertiary/aromatic N) is 4. The molecule has 0 aromatic heterocycles. The lowest BCUT2D eigenvalue weighted by Crippen LogP contribution is -2.41. The highest BCUT2D eigenvalue weighted by molar-refractivity contribution is 8.04. The van der Waals surface area contributed by atoms with E-state index in [0.717, 1.165) is 53.2 Å². The second-order valence-electron chi connectivity index (χ2n) is 6.35. The van der Waals surface area contributed by atoms with Crippen LogP contribution in [-0.2, 0) is 11.3 Å². The van der Waals surface area contributed by atoms with Crippen molar-refractivity contribution < 1.29 is 9.84 Å². The van der Waals surface area contributed by atoms with Gasteiger partial charge in [-0.3, -0.25) is 4.90 Å². The van der Waals surface area contributed by atoms with Gasteiger partial charge in [-0.2, -0.15) is 0 Å². The Hall–Kier alpha value is -1.38. The van der Waals surface area contributed by atoms with Crippen molar-refractivity contribution in [3.63, 3.8) is 0 Å². The first-order chi connectivity index (χ1) is 12.7. The molecule has 0 radical (unpaired) electrons. The first-order valence-electron chi connectivity index (χ1n) is 8.63. The number of hydrogen-bond donors (Lipinski definition) is 1. The van der Waals surface area contributed by atoms with E-state index < -0.39 is 0 Å². The molecule has 3 aliphatic rings. The first-order valence-corrected chi connectivity index (χ1v) is 9.89. The van der Waals surface area contributed by atoms with E-state index in [2.05, 4.69) is 16.0 Å². The predicted molar refractivity (Wildman–Crippen MR) is 106 cm³/mol. The third kappa shape index (κ3) is 3.42. The van der Waals surface area contributed by atoms with Crippen LogP contribution in [0.3, 0.4) is 0 Å². The molecule has 1 atom stereocenters. The molecule has 1 saturated heterocycles. The molecule has 3 heterocycles. The highest BCUT2D eigenvalue weighted by Crippen LogP contribution is 2.37. The molecule has 0 saturated carbocycles. The van der Waals surface area contributed by atoms with Gasteiger partial charge < -0.3 is 14.7 Å². The zero-order chi connectivity index (χ0) is 18.1. The number of morpholine rings is 1. The first kappa shape index (κ1) is 18.0. The van der Waals surface area contributed by atoms with E-state index in [1.165, 1.54) is 0 Å². The van der Waals surface area contributed by atoms with E-state index >= 15 is 0 Å². The summed E-state index contributed by atoms with van der Waals surface area (Å²) >= 11 is 7.98. The molecular weight excluding hydrogens is 372 g/mol. The van der Waals surface area contributed by atoms with Gasteiger partial charge in [-0.05, 0) is 24.1 Å². The Kier molecular flexibility index (Phi) is 5.33. The fraction of sp³-hybridized carbons (Fsp3) is 0.444. The Bertz CT molecular complexity index is 789. The molecule has 1 fully saturated rings. The Labute approximate surface area is 162 Å². The summed E-state index contributed by atoms with van der Waals surface area (Å²) < 4.78 is 5.44. The number of amidine groups is 2. The van der Waals surface area contributed by atoms with Gasteiger partial charge in [0.2, 0.25) is 0 Å². The van der Waals surface area contributed by atoms with Crippen molar-refractivity contribution in [1.29, 1.82) is 0 Å². The van der Waals surface area contributed by atoms with Gasteiger partial charge in [-0.25, -0.2) is 9.98 Å². The molecule has 0 aliphatic carbocycles. The number of aliphatic imine (C=N–C) groups is 2. The Morgan fingerprint density at radius 3 is 2.92 bits per heavy atom. The largest absolute Gasteiger partial charge is 0.388 e. The minimum Gasteiger partial charge on any atom is -0.388 e. The predicted octanol–water partition coefficient (Wildman–Crippen LogP) is 2.46. The second kappa shape index (κ2) is 7.70. The molecule has 26 heavy (non-hydrogen) atoms. The number of aliphatic hydroxyl groups is 1. The van der Waals surface area contributed by atoms with E-state index in [1.807, 2.05) is 30.2 Å². The second-order valence-corrected chi connectivity index (χ2v) is 7.86. The minimum atomic E-state index is -0.130. The Morgan fingerprint density at radius 2 is 2.15 bits per heavy atom. The summed E-state index contributed by atoms with van der Waals surface area (Å²) in [6.45, 7) is 5.70. The zero-order valence-electron chi connectivity index (χ0n) is 14.6. The van der Waals surface area contributed by atoms with Crippen LogP contribution >= 0.6 is 23.4 Å². The summed E-state index contributed by atoms with van der Waals surface area (Å²) in [7, 11) is 0. The third-order valence-corrected chi connectivity index (χ3v) is 6.36. The number of aliphatic hydroxyl groups excluding tert-OH is 1. The normalized spacial score (nSPS) is 23.4. The van der Waals surface area contributed by atoms with Gasteiger partial charge in [-0.15, -0.1) is 0 Å². The standard InChI is InChI=1S/C18H21ClN4O2S/c1-12-13(3-2-4-14(12)19)10-23-16(11-24)20-9-15-17(23)21-18(26-15)22-5-7-25-8-6-22/h2-4,9,18,24H,5-8,10-11H2,1H3. The van der Waals surface area contributed by atoms with Gasteiger partial charge in [0.15, 0.2) is 5.50 Å². The molecule has 8 heteroatoms. The van der Waals surface area contributed by atoms with Crippen LogP contribution in [0.5, 0.6) is 0 Å². The fourth-order valence-corrected chi connectivity index (χ4v) is 4.53. The summed E-state index contributed by atoms with van der Waals surface area (Å²) in [5, 5.41) is 10.5. The summed E-state index contributed by atoms with van der Waals surface area (Å²) in [4.78, 5) is 14.8. The topological polar surface area (TPSA) is 60.7 Å². The summed E-state index contributed by atoms with van der Waals surface area (Å²) in [5.74, 6) is 1.49. The highest BCUT2D eigenvalue weighted by atomic mass is 35.5. The molecule has 0 amide bonds. The van der Waals surface area contributed by atoms with Crippen molar-refractivity contribution in [2.75, 3.05) is 32.9 Å². The van der Waals surface area contributed by atoms with Gasteiger partial charge in [0.25, 0.3) is 0 Å². The van der Waals surface area contributed by atoms with Crippen molar-refractivity contribution in [3.8, 4) is 0 Å². The van der Waals surface area contributed by atoms with Crippen LogP contribution in [0, 0.1) is 6.92 Å². The quantitative estimate of drug-likeness (QED) is 0.852. The lowest BCUT2D eigenvalue weighted by Gasteiger charge is -2.29. The number of ether oxygens (including phenoxy) is 1. The Balaban J connectivity index is 1.62. The van der Waals surface area contributed by atoms with Crippen LogP contribution in [0.25, 0.3) is 0 Å². The monoisotopic (exact) mass is 392 g/mol. The van der Waals surface area contributed by atoms with E-state index in [4.69, 9.17) is 21.3 Å². The number of rotatable bonds is 4. The summed E-state index contributed by atoms with van der Waals surface area (Å²) in [6.07, 6.45) is 1.82. The van der Waals surface area contributed by atoms with E-state index in [9.17, 15) is 5.11 Å². The van der Waals surface area contributed by atoms with Crippen LogP contribution in [0.15, 0.2) is 39.3 Å². The van der Waals surface area contributed by atoms with Crippen LogP contribution in [0.4, 0.5) is 0 Å². The van der Waals surface area contributed by atoms with Crippen LogP contribution in [-0.4, -0.2) is 65.0 Å². The number of benzene rings is 1. The molecule has 4 rings (SSSR count). The smallest absolute Gasteiger partial charge is 0.156 e. The van der Waals surface area contributed by atoms with Gasteiger partial charge >= 0.3 is 0 Å². The SMILES string of the molecule is Cc1c(Cl)cccc1CN1C(CO)=NC=C2SC(N3CCOCC3)N=C21. The average Bonchev–Trinajstić information content (AvgIpc) is 3.11. The van der Waals surface area contributed by atoms with Crippen LogP contribution in [0.1, 0.15) is 11.1 Å². The van der Waals surface area contributed by atoms with Crippen molar-refractivity contribution in [2.45, 2.75) is 19.0 Å². The molecule has 3 aliphatic heterocycles. The lowest BCUT2D eigenvalue weighted by molar-refractivity contribution is 0.0341. The van der Waals surface area contributed by atoms with Crippen LogP contribution in [0.2, 0.25) is 5.02 Å². The molecule has 1 aromatic carbocycles. The lowest BCUT2D eigenvalue weighted by atomic mass is 10.1. The third-order valence-electron chi connectivity index (χ3n) is 4.79. The maximum Gasteiger partial charge on any atom is 0.156 e. The van der Waals surface area contributed by atoms with Gasteiger partial charge in [0, 0.05) is 24.3 Å². The molecule has 138 valence electrons.